The second-order valence-electron chi connectivity index (χ2n) is 7.47. The van der Waals surface area contributed by atoms with Crippen molar-refractivity contribution in [2.45, 2.75) is 58.9 Å². The predicted octanol–water partition coefficient (Wildman–Crippen LogP) is 4.87. The van der Waals surface area contributed by atoms with Gasteiger partial charge in [-0.1, -0.05) is 33.8 Å². The molecule has 1 aromatic rings. The van der Waals surface area contributed by atoms with E-state index in [1.807, 2.05) is 0 Å². The van der Waals surface area contributed by atoms with Gasteiger partial charge in [0.1, 0.15) is 11.6 Å². The fourth-order valence-corrected chi connectivity index (χ4v) is 3.48. The molecule has 1 saturated carbocycles. The summed E-state index contributed by atoms with van der Waals surface area (Å²) in [4.78, 5) is 0. The molecule has 0 heterocycles. The SMILES string of the molecule is CC(C)NCC1CCC(C)(C)CC1c1c(F)cccc1F. The summed E-state index contributed by atoms with van der Waals surface area (Å²) in [6.45, 7) is 9.43. The maximum Gasteiger partial charge on any atom is 0.129 e. The average Bonchev–Trinajstić information content (AvgIpc) is 2.36. The molecule has 1 aliphatic carbocycles. The van der Waals surface area contributed by atoms with Gasteiger partial charge in [-0.3, -0.25) is 0 Å². The Labute approximate surface area is 127 Å². The Morgan fingerprint density at radius 2 is 1.86 bits per heavy atom. The number of nitrogens with one attached hydrogen (secondary N) is 1. The zero-order valence-corrected chi connectivity index (χ0v) is 13.5. The van der Waals surface area contributed by atoms with Gasteiger partial charge in [-0.05, 0) is 55.2 Å². The van der Waals surface area contributed by atoms with Crippen LogP contribution in [0.5, 0.6) is 0 Å². The van der Waals surface area contributed by atoms with Crippen LogP contribution >= 0.6 is 0 Å². The molecule has 1 aromatic carbocycles. The lowest BCUT2D eigenvalue weighted by Gasteiger charge is -2.41. The summed E-state index contributed by atoms with van der Waals surface area (Å²) in [5, 5.41) is 3.44. The molecule has 1 fully saturated rings. The van der Waals surface area contributed by atoms with E-state index in [1.54, 1.807) is 0 Å². The first kappa shape index (κ1) is 16.4. The van der Waals surface area contributed by atoms with Gasteiger partial charge in [-0.2, -0.15) is 0 Å². The van der Waals surface area contributed by atoms with E-state index in [4.69, 9.17) is 0 Å². The van der Waals surface area contributed by atoms with Gasteiger partial charge in [0.05, 0.1) is 0 Å². The van der Waals surface area contributed by atoms with Crippen molar-refractivity contribution >= 4 is 0 Å². The van der Waals surface area contributed by atoms with Crippen LogP contribution in [0, 0.1) is 23.0 Å². The summed E-state index contributed by atoms with van der Waals surface area (Å²) in [7, 11) is 0. The minimum atomic E-state index is -0.396. The molecule has 2 rings (SSSR count). The third-order valence-corrected chi connectivity index (χ3v) is 4.69. The van der Waals surface area contributed by atoms with Crippen molar-refractivity contribution in [2.75, 3.05) is 6.54 Å². The summed E-state index contributed by atoms with van der Waals surface area (Å²) in [5.41, 5.74) is 0.439. The number of hydrogen-bond acceptors (Lipinski definition) is 1. The van der Waals surface area contributed by atoms with Crippen LogP contribution in [0.25, 0.3) is 0 Å². The zero-order valence-electron chi connectivity index (χ0n) is 13.5. The summed E-state index contributed by atoms with van der Waals surface area (Å²) in [6, 6.07) is 4.61. The maximum absolute atomic E-state index is 14.2. The lowest BCUT2D eigenvalue weighted by molar-refractivity contribution is 0.153. The number of benzene rings is 1. The molecule has 2 atom stereocenters. The van der Waals surface area contributed by atoms with Crippen LogP contribution in [-0.4, -0.2) is 12.6 Å². The Hall–Kier alpha value is -0.960. The van der Waals surface area contributed by atoms with Crippen LogP contribution in [0.1, 0.15) is 58.4 Å². The Kier molecular flexibility index (Phi) is 5.03. The molecular weight excluding hydrogens is 268 g/mol. The first-order valence-electron chi connectivity index (χ1n) is 7.97. The normalized spacial score (nSPS) is 25.3. The highest BCUT2D eigenvalue weighted by molar-refractivity contribution is 5.25. The molecule has 1 N–H and O–H groups in total. The van der Waals surface area contributed by atoms with Crippen molar-refractivity contribution in [1.29, 1.82) is 0 Å². The van der Waals surface area contributed by atoms with Gasteiger partial charge in [0.2, 0.25) is 0 Å². The summed E-state index contributed by atoms with van der Waals surface area (Å²) < 4.78 is 28.4. The Morgan fingerprint density at radius 3 is 2.43 bits per heavy atom. The number of hydrogen-bond donors (Lipinski definition) is 1. The molecule has 0 spiro atoms. The van der Waals surface area contributed by atoms with Gasteiger partial charge in [-0.25, -0.2) is 8.78 Å². The predicted molar refractivity (Wildman–Crippen MR) is 83.4 cm³/mol. The number of halogens is 2. The van der Waals surface area contributed by atoms with E-state index in [0.29, 0.717) is 17.5 Å². The molecule has 0 amide bonds. The molecule has 1 aliphatic rings. The molecule has 0 bridgehead atoms. The van der Waals surface area contributed by atoms with Gasteiger partial charge >= 0.3 is 0 Å². The van der Waals surface area contributed by atoms with Crippen molar-refractivity contribution in [1.82, 2.24) is 5.32 Å². The molecule has 0 aliphatic heterocycles. The maximum atomic E-state index is 14.2. The van der Waals surface area contributed by atoms with Crippen LogP contribution in [0.4, 0.5) is 8.78 Å². The first-order chi connectivity index (χ1) is 9.80. The van der Waals surface area contributed by atoms with E-state index in [2.05, 4.69) is 33.0 Å². The van der Waals surface area contributed by atoms with E-state index >= 15 is 0 Å². The average molecular weight is 295 g/mol. The molecule has 21 heavy (non-hydrogen) atoms. The molecule has 3 heteroatoms. The minimum Gasteiger partial charge on any atom is -0.314 e. The fraction of sp³-hybridized carbons (Fsp3) is 0.667. The van der Waals surface area contributed by atoms with Crippen molar-refractivity contribution in [3.8, 4) is 0 Å². The Balaban J connectivity index is 2.29. The third kappa shape index (κ3) is 4.03. The van der Waals surface area contributed by atoms with Crippen molar-refractivity contribution < 1.29 is 8.78 Å². The van der Waals surface area contributed by atoms with E-state index in [1.165, 1.54) is 18.2 Å². The highest BCUT2D eigenvalue weighted by atomic mass is 19.1. The third-order valence-electron chi connectivity index (χ3n) is 4.69. The number of rotatable bonds is 4. The van der Waals surface area contributed by atoms with E-state index in [0.717, 1.165) is 25.8 Å². The van der Waals surface area contributed by atoms with E-state index < -0.39 is 11.6 Å². The van der Waals surface area contributed by atoms with Crippen molar-refractivity contribution in [3.63, 3.8) is 0 Å². The van der Waals surface area contributed by atoms with E-state index in [-0.39, 0.29) is 11.3 Å². The summed E-state index contributed by atoms with van der Waals surface area (Å²) >= 11 is 0. The van der Waals surface area contributed by atoms with Gasteiger partial charge in [0.15, 0.2) is 0 Å². The quantitative estimate of drug-likeness (QED) is 0.835. The van der Waals surface area contributed by atoms with Gasteiger partial charge in [0.25, 0.3) is 0 Å². The second kappa shape index (κ2) is 6.43. The molecule has 0 saturated heterocycles. The topological polar surface area (TPSA) is 12.0 Å². The summed E-state index contributed by atoms with van der Waals surface area (Å²) in [6.07, 6.45) is 2.98. The minimum absolute atomic E-state index is 0.0406. The smallest absolute Gasteiger partial charge is 0.129 e. The van der Waals surface area contributed by atoms with Crippen molar-refractivity contribution in [2.24, 2.45) is 11.3 Å². The standard InChI is InChI=1S/C18H27F2N/c1-12(2)21-11-13-8-9-18(3,4)10-14(13)17-15(19)6-5-7-16(17)20/h5-7,12-14,21H,8-11H2,1-4H3. The fourth-order valence-electron chi connectivity index (χ4n) is 3.48. The molecule has 2 unspecified atom stereocenters. The van der Waals surface area contributed by atoms with Gasteiger partial charge < -0.3 is 5.32 Å². The monoisotopic (exact) mass is 295 g/mol. The molecule has 1 nitrogen and oxygen atoms in total. The van der Waals surface area contributed by atoms with Crippen LogP contribution in [0.2, 0.25) is 0 Å². The molecular formula is C18H27F2N. The van der Waals surface area contributed by atoms with Gasteiger partial charge in [-0.15, -0.1) is 0 Å². The second-order valence-corrected chi connectivity index (χ2v) is 7.47. The van der Waals surface area contributed by atoms with Crippen molar-refractivity contribution in [3.05, 3.63) is 35.4 Å². The van der Waals surface area contributed by atoms with Crippen LogP contribution in [0.15, 0.2) is 18.2 Å². The van der Waals surface area contributed by atoms with Gasteiger partial charge in [0, 0.05) is 11.6 Å². The van der Waals surface area contributed by atoms with Crippen LogP contribution in [0.3, 0.4) is 0 Å². The Bertz CT molecular complexity index is 460. The largest absolute Gasteiger partial charge is 0.314 e. The lowest BCUT2D eigenvalue weighted by atomic mass is 9.65. The molecule has 0 radical (unpaired) electrons. The van der Waals surface area contributed by atoms with Crippen LogP contribution < -0.4 is 5.32 Å². The Morgan fingerprint density at radius 1 is 1.24 bits per heavy atom. The molecule has 0 aromatic heterocycles. The first-order valence-corrected chi connectivity index (χ1v) is 7.97. The van der Waals surface area contributed by atoms with Crippen LogP contribution in [-0.2, 0) is 0 Å². The lowest BCUT2D eigenvalue weighted by Crippen LogP contribution is -2.37. The highest BCUT2D eigenvalue weighted by Gasteiger charge is 2.37. The zero-order chi connectivity index (χ0) is 15.6. The summed E-state index contributed by atoms with van der Waals surface area (Å²) in [5.74, 6) is -0.535. The highest BCUT2D eigenvalue weighted by Crippen LogP contribution is 2.47. The van der Waals surface area contributed by atoms with E-state index in [9.17, 15) is 8.78 Å². The molecule has 118 valence electrons.